The number of carbonyl (C=O) groups is 1. The van der Waals surface area contributed by atoms with E-state index >= 15 is 0 Å². The topological polar surface area (TPSA) is 61.8 Å². The summed E-state index contributed by atoms with van der Waals surface area (Å²) in [5.74, 6) is 0.102. The SMILES string of the molecule is CCCN(CCO)C(=O)Nc1cccc(COc2cccc(F)c2)c1. The predicted molar refractivity (Wildman–Crippen MR) is 95.1 cm³/mol. The molecule has 0 atom stereocenters. The van der Waals surface area contributed by atoms with E-state index in [0.717, 1.165) is 12.0 Å². The maximum Gasteiger partial charge on any atom is 0.321 e. The summed E-state index contributed by atoms with van der Waals surface area (Å²) in [5.41, 5.74) is 1.50. The zero-order valence-electron chi connectivity index (χ0n) is 14.2. The van der Waals surface area contributed by atoms with Crippen molar-refractivity contribution in [2.24, 2.45) is 0 Å². The summed E-state index contributed by atoms with van der Waals surface area (Å²) in [6.07, 6.45) is 0.814. The molecule has 2 aromatic rings. The largest absolute Gasteiger partial charge is 0.489 e. The van der Waals surface area contributed by atoms with E-state index in [1.54, 1.807) is 29.2 Å². The number of nitrogens with one attached hydrogen (secondary N) is 1. The molecule has 0 aromatic heterocycles. The van der Waals surface area contributed by atoms with Crippen molar-refractivity contribution in [3.63, 3.8) is 0 Å². The lowest BCUT2D eigenvalue weighted by molar-refractivity contribution is 0.188. The average molecular weight is 346 g/mol. The summed E-state index contributed by atoms with van der Waals surface area (Å²) in [5, 5.41) is 11.9. The van der Waals surface area contributed by atoms with Crippen LogP contribution in [0.4, 0.5) is 14.9 Å². The number of aliphatic hydroxyl groups excluding tert-OH is 1. The minimum atomic E-state index is -0.349. The normalized spacial score (nSPS) is 10.4. The molecule has 0 heterocycles. The van der Waals surface area contributed by atoms with Gasteiger partial charge in [-0.2, -0.15) is 0 Å². The molecule has 0 radical (unpaired) electrons. The molecule has 2 rings (SSSR count). The Labute approximate surface area is 147 Å². The number of hydrogen-bond donors (Lipinski definition) is 2. The van der Waals surface area contributed by atoms with Gasteiger partial charge in [0.2, 0.25) is 0 Å². The minimum absolute atomic E-state index is 0.0745. The first-order chi connectivity index (χ1) is 12.1. The number of amides is 2. The van der Waals surface area contributed by atoms with E-state index in [9.17, 15) is 9.18 Å². The first kappa shape index (κ1) is 18.7. The van der Waals surface area contributed by atoms with Crippen molar-refractivity contribution in [1.82, 2.24) is 4.90 Å². The number of rotatable bonds is 8. The molecule has 0 bridgehead atoms. The summed E-state index contributed by atoms with van der Waals surface area (Å²) in [6.45, 7) is 3.04. The Balaban J connectivity index is 1.97. The van der Waals surface area contributed by atoms with Gasteiger partial charge in [0.15, 0.2) is 0 Å². The van der Waals surface area contributed by atoms with Gasteiger partial charge < -0.3 is 20.1 Å². The second-order valence-corrected chi connectivity index (χ2v) is 5.59. The van der Waals surface area contributed by atoms with Crippen molar-refractivity contribution >= 4 is 11.7 Å². The number of anilines is 1. The van der Waals surface area contributed by atoms with Crippen LogP contribution in [0.1, 0.15) is 18.9 Å². The molecule has 0 aliphatic carbocycles. The van der Waals surface area contributed by atoms with Crippen molar-refractivity contribution in [3.8, 4) is 5.75 Å². The smallest absolute Gasteiger partial charge is 0.321 e. The lowest BCUT2D eigenvalue weighted by atomic mass is 10.2. The maximum atomic E-state index is 13.2. The van der Waals surface area contributed by atoms with Crippen molar-refractivity contribution in [2.45, 2.75) is 20.0 Å². The molecule has 0 spiro atoms. The number of benzene rings is 2. The van der Waals surface area contributed by atoms with Crippen LogP contribution in [-0.4, -0.2) is 35.7 Å². The molecule has 5 nitrogen and oxygen atoms in total. The zero-order chi connectivity index (χ0) is 18.1. The Hall–Kier alpha value is -2.60. The summed E-state index contributed by atoms with van der Waals surface area (Å²) in [6, 6.07) is 13.0. The van der Waals surface area contributed by atoms with Crippen LogP contribution in [0.25, 0.3) is 0 Å². The molecule has 6 heteroatoms. The van der Waals surface area contributed by atoms with Crippen LogP contribution in [0, 0.1) is 5.82 Å². The fourth-order valence-corrected chi connectivity index (χ4v) is 2.37. The van der Waals surface area contributed by atoms with Gasteiger partial charge in [-0.15, -0.1) is 0 Å². The fraction of sp³-hybridized carbons (Fsp3) is 0.316. The summed E-state index contributed by atoms with van der Waals surface area (Å²) in [7, 11) is 0. The molecule has 25 heavy (non-hydrogen) atoms. The highest BCUT2D eigenvalue weighted by atomic mass is 19.1. The number of ether oxygens (including phenoxy) is 1. The molecule has 0 aliphatic rings. The highest BCUT2D eigenvalue weighted by molar-refractivity contribution is 5.89. The lowest BCUT2D eigenvalue weighted by Crippen LogP contribution is -2.37. The lowest BCUT2D eigenvalue weighted by Gasteiger charge is -2.21. The third-order valence-corrected chi connectivity index (χ3v) is 3.53. The molecular weight excluding hydrogens is 323 g/mol. The summed E-state index contributed by atoms with van der Waals surface area (Å²) >= 11 is 0. The molecule has 2 aromatic carbocycles. The van der Waals surface area contributed by atoms with Gasteiger partial charge in [-0.3, -0.25) is 0 Å². The van der Waals surface area contributed by atoms with Gasteiger partial charge in [0.25, 0.3) is 0 Å². The van der Waals surface area contributed by atoms with Gasteiger partial charge in [-0.1, -0.05) is 25.1 Å². The van der Waals surface area contributed by atoms with Gasteiger partial charge in [-0.05, 0) is 36.2 Å². The number of nitrogens with zero attached hydrogens (tertiary/aromatic N) is 1. The zero-order valence-corrected chi connectivity index (χ0v) is 14.2. The van der Waals surface area contributed by atoms with E-state index < -0.39 is 0 Å². The number of hydrogen-bond acceptors (Lipinski definition) is 3. The van der Waals surface area contributed by atoms with Crippen molar-refractivity contribution in [2.75, 3.05) is 25.0 Å². The molecule has 2 N–H and O–H groups in total. The van der Waals surface area contributed by atoms with E-state index in [1.165, 1.54) is 12.1 Å². The number of carbonyl (C=O) groups excluding carboxylic acids is 1. The van der Waals surface area contributed by atoms with Crippen molar-refractivity contribution < 1.29 is 19.0 Å². The third kappa shape index (κ3) is 6.08. The predicted octanol–water partition coefficient (Wildman–Crippen LogP) is 3.64. The second-order valence-electron chi connectivity index (χ2n) is 5.59. The van der Waals surface area contributed by atoms with Crippen LogP contribution >= 0.6 is 0 Å². The van der Waals surface area contributed by atoms with Gasteiger partial charge in [-0.25, -0.2) is 9.18 Å². The van der Waals surface area contributed by atoms with E-state index in [2.05, 4.69) is 5.32 Å². The first-order valence-electron chi connectivity index (χ1n) is 8.26. The average Bonchev–Trinajstić information content (AvgIpc) is 2.60. The molecule has 0 fully saturated rings. The second kappa shape index (κ2) is 9.64. The number of aliphatic hydroxyl groups is 1. The van der Waals surface area contributed by atoms with E-state index in [0.29, 0.717) is 24.5 Å². The Morgan fingerprint density at radius 1 is 1.20 bits per heavy atom. The van der Waals surface area contributed by atoms with Gasteiger partial charge >= 0.3 is 6.03 Å². The van der Waals surface area contributed by atoms with Crippen molar-refractivity contribution in [3.05, 3.63) is 59.9 Å². The van der Waals surface area contributed by atoms with Crippen LogP contribution in [0.3, 0.4) is 0 Å². The summed E-state index contributed by atoms with van der Waals surface area (Å²) in [4.78, 5) is 13.8. The van der Waals surface area contributed by atoms with Crippen LogP contribution in [-0.2, 0) is 6.61 Å². The van der Waals surface area contributed by atoms with E-state index in [1.807, 2.05) is 19.1 Å². The fourth-order valence-electron chi connectivity index (χ4n) is 2.37. The molecule has 134 valence electrons. The molecule has 0 unspecified atom stereocenters. The Kier molecular flexibility index (Phi) is 7.22. The van der Waals surface area contributed by atoms with Crippen molar-refractivity contribution in [1.29, 1.82) is 0 Å². The number of urea groups is 1. The summed E-state index contributed by atoms with van der Waals surface area (Å²) < 4.78 is 18.7. The Morgan fingerprint density at radius 2 is 2.00 bits per heavy atom. The molecule has 2 amide bonds. The molecular formula is C19H23FN2O3. The number of halogens is 1. The van der Waals surface area contributed by atoms with Crippen LogP contribution in [0.5, 0.6) is 5.75 Å². The highest BCUT2D eigenvalue weighted by Crippen LogP contribution is 2.16. The first-order valence-corrected chi connectivity index (χ1v) is 8.26. The quantitative estimate of drug-likeness (QED) is 0.767. The van der Waals surface area contributed by atoms with Crippen LogP contribution in [0.2, 0.25) is 0 Å². The standard InChI is InChI=1S/C19H23FN2O3/c1-2-9-22(10-11-23)19(24)21-17-7-3-5-15(12-17)14-25-18-8-4-6-16(20)13-18/h3-8,12-13,23H,2,9-11,14H2,1H3,(H,21,24). The van der Waals surface area contributed by atoms with Crippen LogP contribution < -0.4 is 10.1 Å². The van der Waals surface area contributed by atoms with E-state index in [4.69, 9.17) is 9.84 Å². The minimum Gasteiger partial charge on any atom is -0.489 e. The van der Waals surface area contributed by atoms with Gasteiger partial charge in [0, 0.05) is 24.8 Å². The third-order valence-electron chi connectivity index (χ3n) is 3.53. The van der Waals surface area contributed by atoms with Gasteiger partial charge in [0.05, 0.1) is 6.61 Å². The molecule has 0 aliphatic heterocycles. The Morgan fingerprint density at radius 3 is 2.72 bits per heavy atom. The molecule has 0 saturated carbocycles. The Bertz CT molecular complexity index is 688. The van der Waals surface area contributed by atoms with Gasteiger partial charge in [0.1, 0.15) is 18.2 Å². The highest BCUT2D eigenvalue weighted by Gasteiger charge is 2.12. The maximum absolute atomic E-state index is 13.2. The van der Waals surface area contributed by atoms with Crippen LogP contribution in [0.15, 0.2) is 48.5 Å². The van der Waals surface area contributed by atoms with E-state index in [-0.39, 0.29) is 25.1 Å². The monoisotopic (exact) mass is 346 g/mol. The molecule has 0 saturated heterocycles.